The van der Waals surface area contributed by atoms with Crippen molar-refractivity contribution < 1.29 is 23.5 Å². The summed E-state index contributed by atoms with van der Waals surface area (Å²) in [4.78, 5) is 24.5. The number of carbonyl (C=O) groups excluding carboxylic acids is 2. The number of halogens is 1. The molecule has 11 heteroatoms. The standard InChI is InChI=1S/C20H18FN5O4S/c1-26-17(9-18(27)22-13-4-2-12(21)3-5-13)24-25-20(26)31-10-19(28)23-14-6-7-15-16(8-14)30-11-29-15/h2-8H,9-11H2,1H3,(H,22,27)(H,23,28). The molecule has 160 valence electrons. The minimum Gasteiger partial charge on any atom is -0.454 e. The van der Waals surface area contributed by atoms with E-state index in [0.717, 1.165) is 0 Å². The number of nitrogens with one attached hydrogen (secondary N) is 2. The third-order valence-electron chi connectivity index (χ3n) is 4.36. The Morgan fingerprint density at radius 2 is 1.74 bits per heavy atom. The predicted octanol–water partition coefficient (Wildman–Crippen LogP) is 2.59. The molecule has 0 unspecified atom stereocenters. The Labute approximate surface area is 180 Å². The lowest BCUT2D eigenvalue weighted by Crippen LogP contribution is -2.17. The van der Waals surface area contributed by atoms with Crippen molar-refractivity contribution in [3.63, 3.8) is 0 Å². The zero-order valence-electron chi connectivity index (χ0n) is 16.4. The lowest BCUT2D eigenvalue weighted by Gasteiger charge is -2.07. The second kappa shape index (κ2) is 9.04. The van der Waals surface area contributed by atoms with Crippen LogP contribution in [-0.2, 0) is 23.1 Å². The Hall–Kier alpha value is -3.60. The monoisotopic (exact) mass is 443 g/mol. The summed E-state index contributed by atoms with van der Waals surface area (Å²) in [7, 11) is 1.72. The van der Waals surface area contributed by atoms with Crippen LogP contribution >= 0.6 is 11.8 Å². The number of ether oxygens (including phenoxy) is 2. The molecule has 0 fully saturated rings. The molecule has 0 aliphatic carbocycles. The maximum absolute atomic E-state index is 13.0. The summed E-state index contributed by atoms with van der Waals surface area (Å²) in [5.41, 5.74) is 1.09. The molecule has 1 aliphatic heterocycles. The lowest BCUT2D eigenvalue weighted by atomic mass is 10.3. The van der Waals surface area contributed by atoms with E-state index in [4.69, 9.17) is 9.47 Å². The summed E-state index contributed by atoms with van der Waals surface area (Å²) in [6, 6.07) is 10.6. The topological polar surface area (TPSA) is 107 Å². The van der Waals surface area contributed by atoms with E-state index in [9.17, 15) is 14.0 Å². The quantitative estimate of drug-likeness (QED) is 0.541. The molecule has 1 aromatic heterocycles. The highest BCUT2D eigenvalue weighted by Gasteiger charge is 2.16. The minimum atomic E-state index is -0.379. The van der Waals surface area contributed by atoms with Crippen LogP contribution in [0.25, 0.3) is 0 Å². The maximum atomic E-state index is 13.0. The van der Waals surface area contributed by atoms with Crippen molar-refractivity contribution in [3.05, 3.63) is 54.1 Å². The summed E-state index contributed by atoms with van der Waals surface area (Å²) in [5.74, 6) is 0.877. The highest BCUT2D eigenvalue weighted by atomic mass is 32.2. The highest BCUT2D eigenvalue weighted by molar-refractivity contribution is 7.99. The highest BCUT2D eigenvalue weighted by Crippen LogP contribution is 2.34. The van der Waals surface area contributed by atoms with Gasteiger partial charge in [-0.3, -0.25) is 9.59 Å². The van der Waals surface area contributed by atoms with Gasteiger partial charge in [0, 0.05) is 24.5 Å². The van der Waals surface area contributed by atoms with E-state index in [1.807, 2.05) is 0 Å². The molecule has 3 aromatic rings. The van der Waals surface area contributed by atoms with Crippen molar-refractivity contribution in [1.29, 1.82) is 0 Å². The minimum absolute atomic E-state index is 0.00910. The smallest absolute Gasteiger partial charge is 0.234 e. The van der Waals surface area contributed by atoms with Crippen molar-refractivity contribution in [2.45, 2.75) is 11.6 Å². The molecule has 0 radical (unpaired) electrons. The van der Waals surface area contributed by atoms with Gasteiger partial charge in [0.15, 0.2) is 16.7 Å². The van der Waals surface area contributed by atoms with Gasteiger partial charge in [-0.2, -0.15) is 0 Å². The van der Waals surface area contributed by atoms with E-state index in [2.05, 4.69) is 20.8 Å². The van der Waals surface area contributed by atoms with Gasteiger partial charge in [0.05, 0.1) is 12.2 Å². The van der Waals surface area contributed by atoms with Crippen LogP contribution in [0.2, 0.25) is 0 Å². The summed E-state index contributed by atoms with van der Waals surface area (Å²) in [6.07, 6.45) is -0.00910. The Bertz CT molecular complexity index is 1120. The molecule has 0 saturated carbocycles. The van der Waals surface area contributed by atoms with E-state index in [1.165, 1.54) is 36.0 Å². The molecular weight excluding hydrogens is 425 g/mol. The van der Waals surface area contributed by atoms with Crippen molar-refractivity contribution in [2.24, 2.45) is 7.05 Å². The summed E-state index contributed by atoms with van der Waals surface area (Å²) < 4.78 is 25.1. The van der Waals surface area contributed by atoms with E-state index in [0.29, 0.717) is 33.9 Å². The Balaban J connectivity index is 1.29. The molecule has 0 saturated heterocycles. The largest absolute Gasteiger partial charge is 0.454 e. The van der Waals surface area contributed by atoms with E-state index < -0.39 is 0 Å². The van der Waals surface area contributed by atoms with Crippen molar-refractivity contribution in [1.82, 2.24) is 14.8 Å². The second-order valence-electron chi connectivity index (χ2n) is 6.59. The first kappa shape index (κ1) is 20.7. The van der Waals surface area contributed by atoms with Gasteiger partial charge in [-0.05, 0) is 36.4 Å². The third-order valence-corrected chi connectivity index (χ3v) is 5.38. The molecule has 2 heterocycles. The summed E-state index contributed by atoms with van der Waals surface area (Å²) >= 11 is 1.20. The van der Waals surface area contributed by atoms with E-state index in [1.54, 1.807) is 29.8 Å². The fourth-order valence-corrected chi connectivity index (χ4v) is 3.54. The molecule has 2 aromatic carbocycles. The number of nitrogens with zero attached hydrogens (tertiary/aromatic N) is 3. The molecular formula is C20H18FN5O4S. The van der Waals surface area contributed by atoms with E-state index in [-0.39, 0.29) is 36.6 Å². The van der Waals surface area contributed by atoms with Crippen LogP contribution in [0.1, 0.15) is 5.82 Å². The fourth-order valence-electron chi connectivity index (χ4n) is 2.81. The molecule has 1 aliphatic rings. The average molecular weight is 443 g/mol. The van der Waals surface area contributed by atoms with Gasteiger partial charge >= 0.3 is 0 Å². The first-order chi connectivity index (χ1) is 15.0. The van der Waals surface area contributed by atoms with Gasteiger partial charge in [-0.15, -0.1) is 10.2 Å². The molecule has 2 amide bonds. The number of hydrogen-bond donors (Lipinski definition) is 2. The molecule has 0 atom stereocenters. The normalized spacial score (nSPS) is 11.9. The molecule has 4 rings (SSSR count). The van der Waals surface area contributed by atoms with Gasteiger partial charge < -0.3 is 24.7 Å². The Morgan fingerprint density at radius 1 is 1.03 bits per heavy atom. The predicted molar refractivity (Wildman–Crippen MR) is 112 cm³/mol. The van der Waals surface area contributed by atoms with Crippen LogP contribution in [0.4, 0.5) is 15.8 Å². The molecule has 0 spiro atoms. The van der Waals surface area contributed by atoms with Gasteiger partial charge in [-0.1, -0.05) is 11.8 Å². The van der Waals surface area contributed by atoms with Crippen LogP contribution in [-0.4, -0.2) is 39.1 Å². The SMILES string of the molecule is Cn1c(CC(=O)Nc2ccc(F)cc2)nnc1SCC(=O)Nc1ccc2c(c1)OCO2. The third kappa shape index (κ3) is 5.12. The number of rotatable bonds is 7. The van der Waals surface area contributed by atoms with E-state index >= 15 is 0 Å². The van der Waals surface area contributed by atoms with Crippen molar-refractivity contribution in [3.8, 4) is 11.5 Å². The number of thioether (sulfide) groups is 1. The number of fused-ring (bicyclic) bond motifs is 1. The fraction of sp³-hybridized carbons (Fsp3) is 0.200. The van der Waals surface area contributed by atoms with Crippen LogP contribution < -0.4 is 20.1 Å². The number of aromatic nitrogens is 3. The number of amides is 2. The number of benzene rings is 2. The zero-order valence-corrected chi connectivity index (χ0v) is 17.2. The lowest BCUT2D eigenvalue weighted by molar-refractivity contribution is -0.116. The Morgan fingerprint density at radius 3 is 2.55 bits per heavy atom. The number of anilines is 2. The average Bonchev–Trinajstić information content (AvgIpc) is 3.35. The number of hydrogen-bond acceptors (Lipinski definition) is 7. The van der Waals surface area contributed by atoms with Gasteiger partial charge in [-0.25, -0.2) is 4.39 Å². The van der Waals surface area contributed by atoms with Crippen LogP contribution in [0.15, 0.2) is 47.6 Å². The first-order valence-electron chi connectivity index (χ1n) is 9.24. The summed E-state index contributed by atoms with van der Waals surface area (Å²) in [5, 5.41) is 14.0. The van der Waals surface area contributed by atoms with Gasteiger partial charge in [0.1, 0.15) is 11.6 Å². The first-order valence-corrected chi connectivity index (χ1v) is 10.2. The van der Waals surface area contributed by atoms with Crippen LogP contribution in [0.5, 0.6) is 11.5 Å². The van der Waals surface area contributed by atoms with Crippen LogP contribution in [0.3, 0.4) is 0 Å². The maximum Gasteiger partial charge on any atom is 0.234 e. The second-order valence-corrected chi connectivity index (χ2v) is 7.54. The van der Waals surface area contributed by atoms with Crippen molar-refractivity contribution >= 4 is 35.0 Å². The van der Waals surface area contributed by atoms with Gasteiger partial charge in [0.2, 0.25) is 18.6 Å². The van der Waals surface area contributed by atoms with Gasteiger partial charge in [0.25, 0.3) is 0 Å². The molecule has 0 bridgehead atoms. The zero-order chi connectivity index (χ0) is 21.8. The summed E-state index contributed by atoms with van der Waals surface area (Å²) in [6.45, 7) is 0.166. The molecule has 9 nitrogen and oxygen atoms in total. The number of carbonyl (C=O) groups is 2. The Kier molecular flexibility index (Phi) is 6.03. The molecule has 31 heavy (non-hydrogen) atoms. The van der Waals surface area contributed by atoms with Crippen LogP contribution in [0, 0.1) is 5.82 Å². The van der Waals surface area contributed by atoms with Crippen molar-refractivity contribution in [2.75, 3.05) is 23.2 Å². The molecule has 2 N–H and O–H groups in total.